The van der Waals surface area contributed by atoms with Gasteiger partial charge in [-0.3, -0.25) is 0 Å². The van der Waals surface area contributed by atoms with Gasteiger partial charge in [0.05, 0.1) is 0 Å². The maximum absolute atomic E-state index is 2.57. The summed E-state index contributed by atoms with van der Waals surface area (Å²) >= 11 is 0. The Kier molecular flexibility index (Phi) is 3.32. The zero-order valence-corrected chi connectivity index (χ0v) is 15.3. The fraction of sp³-hybridized carbons (Fsp3) is 0.360. The molecular weight excluding hydrogens is 300 g/mol. The predicted molar refractivity (Wildman–Crippen MR) is 106 cm³/mol. The van der Waals surface area contributed by atoms with Gasteiger partial charge in [0.1, 0.15) is 0 Å². The molecule has 3 aliphatic carbocycles. The summed E-state index contributed by atoms with van der Waals surface area (Å²) in [7, 11) is 0. The highest BCUT2D eigenvalue weighted by Crippen LogP contribution is 2.57. The molecule has 0 nitrogen and oxygen atoms in total. The van der Waals surface area contributed by atoms with Gasteiger partial charge in [0, 0.05) is 5.92 Å². The van der Waals surface area contributed by atoms with Crippen molar-refractivity contribution < 1.29 is 0 Å². The van der Waals surface area contributed by atoms with Crippen molar-refractivity contribution in [3.63, 3.8) is 0 Å². The SMILES string of the molecule is CC(C)(C1=CC2=C(CCCC2)C1)C1c2ccccc2-c2ccccc21. The van der Waals surface area contributed by atoms with Crippen LogP contribution in [0.25, 0.3) is 11.1 Å². The van der Waals surface area contributed by atoms with Crippen LogP contribution in [0.15, 0.2) is 71.3 Å². The van der Waals surface area contributed by atoms with Gasteiger partial charge >= 0.3 is 0 Å². The van der Waals surface area contributed by atoms with Crippen LogP contribution in [0.2, 0.25) is 0 Å². The van der Waals surface area contributed by atoms with E-state index in [4.69, 9.17) is 0 Å². The molecule has 0 amide bonds. The second-order valence-corrected chi connectivity index (χ2v) is 8.51. The highest BCUT2D eigenvalue weighted by molar-refractivity contribution is 5.79. The fourth-order valence-corrected chi connectivity index (χ4v) is 5.39. The smallest absolute Gasteiger partial charge is 0.0190 e. The van der Waals surface area contributed by atoms with E-state index in [1.165, 1.54) is 54.4 Å². The van der Waals surface area contributed by atoms with E-state index in [-0.39, 0.29) is 5.41 Å². The van der Waals surface area contributed by atoms with E-state index in [1.54, 1.807) is 16.7 Å². The number of benzene rings is 2. The van der Waals surface area contributed by atoms with Gasteiger partial charge in [-0.2, -0.15) is 0 Å². The number of fused-ring (bicyclic) bond motifs is 3. The van der Waals surface area contributed by atoms with E-state index in [2.05, 4.69) is 68.5 Å². The first kappa shape index (κ1) is 15.2. The summed E-state index contributed by atoms with van der Waals surface area (Å²) in [5, 5.41) is 0. The van der Waals surface area contributed by atoms with Gasteiger partial charge in [0.2, 0.25) is 0 Å². The minimum Gasteiger partial charge on any atom is -0.0629 e. The van der Waals surface area contributed by atoms with Crippen molar-refractivity contribution in [2.75, 3.05) is 0 Å². The average molecular weight is 326 g/mol. The highest BCUT2D eigenvalue weighted by Gasteiger charge is 2.42. The van der Waals surface area contributed by atoms with Crippen LogP contribution in [0.5, 0.6) is 0 Å². The molecule has 5 rings (SSSR count). The molecule has 2 aromatic rings. The highest BCUT2D eigenvalue weighted by atomic mass is 14.5. The van der Waals surface area contributed by atoms with Gasteiger partial charge in [-0.15, -0.1) is 0 Å². The van der Waals surface area contributed by atoms with E-state index < -0.39 is 0 Å². The Balaban J connectivity index is 1.61. The summed E-state index contributed by atoms with van der Waals surface area (Å²) < 4.78 is 0. The minimum atomic E-state index is 0.153. The van der Waals surface area contributed by atoms with Crippen molar-refractivity contribution in [2.24, 2.45) is 5.41 Å². The van der Waals surface area contributed by atoms with Gasteiger partial charge in [-0.25, -0.2) is 0 Å². The van der Waals surface area contributed by atoms with Gasteiger partial charge in [-0.1, -0.05) is 79.6 Å². The zero-order valence-electron chi connectivity index (χ0n) is 15.3. The average Bonchev–Trinajstić information content (AvgIpc) is 3.22. The standard InChI is InChI=1S/C25H26/c1-25(2,19-15-17-9-3-4-10-18(17)16-19)24-22-13-7-5-11-20(22)21-12-6-8-14-23(21)24/h5-8,11-15,24H,3-4,9-10,16H2,1-2H3. The summed E-state index contributed by atoms with van der Waals surface area (Å²) in [6.07, 6.45) is 9.16. The Morgan fingerprint density at radius 3 is 2.04 bits per heavy atom. The zero-order chi connectivity index (χ0) is 17.0. The van der Waals surface area contributed by atoms with Gasteiger partial charge in [0.25, 0.3) is 0 Å². The van der Waals surface area contributed by atoms with Gasteiger partial charge in [0.15, 0.2) is 0 Å². The molecule has 3 aliphatic rings. The third-order valence-corrected chi connectivity index (χ3v) is 6.76. The molecule has 0 atom stereocenters. The van der Waals surface area contributed by atoms with Gasteiger partial charge in [-0.05, 0) is 65.3 Å². The lowest BCUT2D eigenvalue weighted by Gasteiger charge is -2.35. The Bertz CT molecular complexity index is 862. The first-order chi connectivity index (χ1) is 12.2. The number of hydrogen-bond donors (Lipinski definition) is 0. The fourth-order valence-electron chi connectivity index (χ4n) is 5.39. The molecule has 0 unspecified atom stereocenters. The molecule has 0 N–H and O–H groups in total. The van der Waals surface area contributed by atoms with Crippen LogP contribution in [-0.4, -0.2) is 0 Å². The number of hydrogen-bond acceptors (Lipinski definition) is 0. The van der Waals surface area contributed by atoms with Crippen LogP contribution in [-0.2, 0) is 0 Å². The molecule has 2 aromatic carbocycles. The topological polar surface area (TPSA) is 0 Å². The van der Waals surface area contributed by atoms with E-state index in [9.17, 15) is 0 Å². The molecule has 0 heterocycles. The maximum Gasteiger partial charge on any atom is 0.0190 e. The Morgan fingerprint density at radius 1 is 0.800 bits per heavy atom. The maximum atomic E-state index is 2.57. The molecule has 0 radical (unpaired) electrons. The van der Waals surface area contributed by atoms with Crippen molar-refractivity contribution in [3.05, 3.63) is 82.5 Å². The second-order valence-electron chi connectivity index (χ2n) is 8.51. The molecule has 126 valence electrons. The summed E-state index contributed by atoms with van der Waals surface area (Å²) in [6, 6.07) is 18.1. The number of rotatable bonds is 2. The summed E-state index contributed by atoms with van der Waals surface area (Å²) in [5.74, 6) is 0.465. The molecule has 0 bridgehead atoms. The molecule has 0 fully saturated rings. The van der Waals surface area contributed by atoms with Crippen LogP contribution in [0.4, 0.5) is 0 Å². The molecule has 0 heteroatoms. The molecule has 0 aromatic heterocycles. The lowest BCUT2D eigenvalue weighted by Crippen LogP contribution is -2.24. The summed E-state index contributed by atoms with van der Waals surface area (Å²) in [4.78, 5) is 0. The third-order valence-electron chi connectivity index (χ3n) is 6.76. The Labute approximate surface area is 151 Å². The Hall–Kier alpha value is -2.08. The largest absolute Gasteiger partial charge is 0.0629 e. The van der Waals surface area contributed by atoms with Crippen molar-refractivity contribution in [1.82, 2.24) is 0 Å². The predicted octanol–water partition coefficient (Wildman–Crippen LogP) is 7.03. The first-order valence-electron chi connectivity index (χ1n) is 9.76. The van der Waals surface area contributed by atoms with Crippen molar-refractivity contribution in [2.45, 2.75) is 51.9 Å². The minimum absolute atomic E-state index is 0.153. The summed E-state index contributed by atoms with van der Waals surface area (Å²) in [6.45, 7) is 4.95. The molecule has 0 saturated heterocycles. The van der Waals surface area contributed by atoms with E-state index in [0.29, 0.717) is 5.92 Å². The molecule has 0 spiro atoms. The second kappa shape index (κ2) is 5.46. The molecule has 0 saturated carbocycles. The third kappa shape index (κ3) is 2.20. The van der Waals surface area contributed by atoms with E-state index >= 15 is 0 Å². The lowest BCUT2D eigenvalue weighted by molar-refractivity contribution is 0.386. The summed E-state index contributed by atoms with van der Waals surface area (Å²) in [5.41, 5.74) is 11.1. The van der Waals surface area contributed by atoms with Crippen molar-refractivity contribution in [3.8, 4) is 11.1 Å². The van der Waals surface area contributed by atoms with E-state index in [1.807, 2.05) is 0 Å². The monoisotopic (exact) mass is 326 g/mol. The normalized spacial score (nSPS) is 19.5. The molecular formula is C25H26. The molecule has 0 aliphatic heterocycles. The van der Waals surface area contributed by atoms with Gasteiger partial charge < -0.3 is 0 Å². The number of allylic oxidation sites excluding steroid dienone is 4. The molecule has 25 heavy (non-hydrogen) atoms. The Morgan fingerprint density at radius 2 is 1.40 bits per heavy atom. The quantitative estimate of drug-likeness (QED) is 0.556. The van der Waals surface area contributed by atoms with Crippen LogP contribution in [0.3, 0.4) is 0 Å². The van der Waals surface area contributed by atoms with E-state index in [0.717, 1.165) is 0 Å². The van der Waals surface area contributed by atoms with Crippen LogP contribution in [0.1, 0.15) is 63.0 Å². The van der Waals surface area contributed by atoms with Crippen LogP contribution in [0, 0.1) is 5.41 Å². The van der Waals surface area contributed by atoms with Crippen molar-refractivity contribution in [1.29, 1.82) is 0 Å². The first-order valence-corrected chi connectivity index (χ1v) is 9.76. The van der Waals surface area contributed by atoms with Crippen LogP contribution < -0.4 is 0 Å². The lowest BCUT2D eigenvalue weighted by atomic mass is 9.68. The van der Waals surface area contributed by atoms with Crippen molar-refractivity contribution >= 4 is 0 Å². The van der Waals surface area contributed by atoms with Crippen LogP contribution >= 0.6 is 0 Å².